The van der Waals surface area contributed by atoms with Gasteiger partial charge in [-0.1, -0.05) is 12.1 Å². The molecule has 2 aromatic rings. The molecular weight excluding hydrogens is 260 g/mol. The molecule has 4 nitrogen and oxygen atoms in total. The summed E-state index contributed by atoms with van der Waals surface area (Å²) >= 11 is 1.53. The van der Waals surface area contributed by atoms with Crippen LogP contribution in [0.25, 0.3) is 10.4 Å². The molecule has 5 heteroatoms. The number of ether oxygens (including phenoxy) is 1. The Labute approximate surface area is 117 Å². The first kappa shape index (κ1) is 14.0. The zero-order valence-corrected chi connectivity index (χ0v) is 12.0. The molecule has 19 heavy (non-hydrogen) atoms. The molecule has 0 radical (unpaired) electrons. The zero-order valence-electron chi connectivity index (χ0n) is 11.2. The second-order valence-electron chi connectivity index (χ2n) is 4.47. The Kier molecular flexibility index (Phi) is 4.90. The molecular formula is C14H18N2O2S. The fourth-order valence-corrected chi connectivity index (χ4v) is 2.49. The third-order valence-electron chi connectivity index (χ3n) is 2.69. The van der Waals surface area contributed by atoms with Gasteiger partial charge in [-0.2, -0.15) is 0 Å². The Morgan fingerprint density at radius 3 is 2.95 bits per heavy atom. The average molecular weight is 278 g/mol. The molecule has 0 fully saturated rings. The fourth-order valence-electron chi connectivity index (χ4n) is 1.69. The minimum atomic E-state index is -0.0372. The minimum Gasteiger partial charge on any atom is -0.492 e. The van der Waals surface area contributed by atoms with Crippen molar-refractivity contribution in [1.82, 2.24) is 9.88 Å². The third-order valence-corrected chi connectivity index (χ3v) is 3.61. The molecule has 0 bridgehead atoms. The van der Waals surface area contributed by atoms with Gasteiger partial charge in [0, 0.05) is 6.54 Å². The number of aliphatic hydroxyl groups excluding tert-OH is 1. The molecule has 102 valence electrons. The maximum Gasteiger partial charge on any atom is 0.120 e. The van der Waals surface area contributed by atoms with Gasteiger partial charge in [-0.3, -0.25) is 0 Å². The van der Waals surface area contributed by atoms with Crippen LogP contribution < -0.4 is 4.74 Å². The van der Waals surface area contributed by atoms with Gasteiger partial charge in [-0.25, -0.2) is 4.98 Å². The van der Waals surface area contributed by atoms with Crippen molar-refractivity contribution in [3.05, 3.63) is 35.5 Å². The van der Waals surface area contributed by atoms with Gasteiger partial charge >= 0.3 is 0 Å². The van der Waals surface area contributed by atoms with Crippen molar-refractivity contribution in [2.45, 2.75) is 6.61 Å². The first-order valence-corrected chi connectivity index (χ1v) is 7.00. The Morgan fingerprint density at radius 2 is 2.21 bits per heavy atom. The number of nitrogens with zero attached hydrogens (tertiary/aromatic N) is 2. The van der Waals surface area contributed by atoms with E-state index in [1.54, 1.807) is 5.51 Å². The molecule has 0 amide bonds. The summed E-state index contributed by atoms with van der Waals surface area (Å²) in [5.74, 6) is 0.844. The van der Waals surface area contributed by atoms with Crippen LogP contribution in [-0.2, 0) is 6.61 Å². The Bertz CT molecular complexity index is 526. The Hall–Kier alpha value is -1.43. The maximum absolute atomic E-state index is 9.25. The average Bonchev–Trinajstić information content (AvgIpc) is 2.87. The largest absolute Gasteiger partial charge is 0.492 e. The standard InChI is InChI=1S/C14H18N2O2S/c1-16(2)6-7-18-12-5-3-4-11(8-12)14-13(9-17)15-10-19-14/h3-5,8,10,17H,6-7,9H2,1-2H3. The monoisotopic (exact) mass is 278 g/mol. The molecule has 0 spiro atoms. The van der Waals surface area contributed by atoms with Crippen LogP contribution in [-0.4, -0.2) is 42.2 Å². The van der Waals surface area contributed by atoms with Gasteiger partial charge < -0.3 is 14.7 Å². The van der Waals surface area contributed by atoms with Crippen molar-refractivity contribution < 1.29 is 9.84 Å². The lowest BCUT2D eigenvalue weighted by Crippen LogP contribution is -2.19. The van der Waals surface area contributed by atoms with Crippen LogP contribution in [0.15, 0.2) is 29.8 Å². The summed E-state index contributed by atoms with van der Waals surface area (Å²) in [6.07, 6.45) is 0. The highest BCUT2D eigenvalue weighted by molar-refractivity contribution is 7.13. The van der Waals surface area contributed by atoms with E-state index in [1.165, 1.54) is 11.3 Å². The number of aromatic nitrogens is 1. The number of benzene rings is 1. The Balaban J connectivity index is 2.11. The van der Waals surface area contributed by atoms with E-state index >= 15 is 0 Å². The van der Waals surface area contributed by atoms with E-state index in [4.69, 9.17) is 4.74 Å². The molecule has 1 heterocycles. The molecule has 0 atom stereocenters. The summed E-state index contributed by atoms with van der Waals surface area (Å²) in [4.78, 5) is 7.23. The highest BCUT2D eigenvalue weighted by Gasteiger charge is 2.08. The van der Waals surface area contributed by atoms with E-state index in [-0.39, 0.29) is 6.61 Å². The van der Waals surface area contributed by atoms with Crippen LogP contribution in [0.5, 0.6) is 5.75 Å². The summed E-state index contributed by atoms with van der Waals surface area (Å²) < 4.78 is 5.71. The van der Waals surface area contributed by atoms with E-state index in [1.807, 2.05) is 38.4 Å². The topological polar surface area (TPSA) is 45.6 Å². The van der Waals surface area contributed by atoms with Gasteiger partial charge in [-0.05, 0) is 31.8 Å². The summed E-state index contributed by atoms with van der Waals surface area (Å²) in [6.45, 7) is 1.50. The Morgan fingerprint density at radius 1 is 1.37 bits per heavy atom. The van der Waals surface area contributed by atoms with Crippen LogP contribution >= 0.6 is 11.3 Å². The van der Waals surface area contributed by atoms with Crippen molar-refractivity contribution in [1.29, 1.82) is 0 Å². The molecule has 1 aromatic carbocycles. The first-order valence-electron chi connectivity index (χ1n) is 6.12. The quantitative estimate of drug-likeness (QED) is 0.880. The van der Waals surface area contributed by atoms with E-state index in [0.717, 1.165) is 28.4 Å². The maximum atomic E-state index is 9.25. The highest BCUT2D eigenvalue weighted by atomic mass is 32.1. The molecule has 1 aromatic heterocycles. The fraction of sp³-hybridized carbons (Fsp3) is 0.357. The van der Waals surface area contributed by atoms with Crippen molar-refractivity contribution in [2.75, 3.05) is 27.2 Å². The van der Waals surface area contributed by atoms with E-state index in [9.17, 15) is 5.11 Å². The molecule has 1 N–H and O–H groups in total. The lowest BCUT2D eigenvalue weighted by molar-refractivity contribution is 0.261. The molecule has 0 saturated heterocycles. The predicted molar refractivity (Wildman–Crippen MR) is 77.5 cm³/mol. The van der Waals surface area contributed by atoms with Gasteiger partial charge in [0.15, 0.2) is 0 Å². The van der Waals surface area contributed by atoms with E-state index in [2.05, 4.69) is 9.88 Å². The number of thiazole rings is 1. The second kappa shape index (κ2) is 6.65. The molecule has 0 aliphatic rings. The number of hydrogen-bond donors (Lipinski definition) is 1. The SMILES string of the molecule is CN(C)CCOc1cccc(-c2scnc2CO)c1. The van der Waals surface area contributed by atoms with Crippen molar-refractivity contribution in [3.8, 4) is 16.2 Å². The van der Waals surface area contributed by atoms with Crippen LogP contribution in [0, 0.1) is 0 Å². The lowest BCUT2D eigenvalue weighted by atomic mass is 10.1. The van der Waals surface area contributed by atoms with Gasteiger partial charge in [0.05, 0.1) is 22.7 Å². The number of rotatable bonds is 6. The van der Waals surface area contributed by atoms with Crippen LogP contribution in [0.4, 0.5) is 0 Å². The molecule has 0 aliphatic carbocycles. The number of hydrogen-bond acceptors (Lipinski definition) is 5. The van der Waals surface area contributed by atoms with Crippen molar-refractivity contribution >= 4 is 11.3 Å². The molecule has 0 aliphatic heterocycles. The smallest absolute Gasteiger partial charge is 0.120 e. The van der Waals surface area contributed by atoms with E-state index in [0.29, 0.717) is 6.61 Å². The minimum absolute atomic E-state index is 0.0372. The normalized spacial score (nSPS) is 10.9. The summed E-state index contributed by atoms with van der Waals surface area (Å²) in [5, 5.41) is 9.25. The molecule has 0 unspecified atom stereocenters. The van der Waals surface area contributed by atoms with E-state index < -0.39 is 0 Å². The number of likely N-dealkylation sites (N-methyl/N-ethyl adjacent to an activating group) is 1. The van der Waals surface area contributed by atoms with Gasteiger partial charge in [-0.15, -0.1) is 11.3 Å². The van der Waals surface area contributed by atoms with Gasteiger partial charge in [0.1, 0.15) is 12.4 Å². The third kappa shape index (κ3) is 3.76. The van der Waals surface area contributed by atoms with Crippen LogP contribution in [0.3, 0.4) is 0 Å². The molecule has 0 saturated carbocycles. The van der Waals surface area contributed by atoms with Gasteiger partial charge in [0.25, 0.3) is 0 Å². The number of aliphatic hydroxyl groups is 1. The van der Waals surface area contributed by atoms with Crippen LogP contribution in [0.2, 0.25) is 0 Å². The highest BCUT2D eigenvalue weighted by Crippen LogP contribution is 2.30. The summed E-state index contributed by atoms with van der Waals surface area (Å²) in [5.41, 5.74) is 3.50. The molecule has 2 rings (SSSR count). The predicted octanol–water partition coefficient (Wildman–Crippen LogP) is 2.24. The first-order chi connectivity index (χ1) is 9.20. The summed E-state index contributed by atoms with van der Waals surface area (Å²) in [7, 11) is 4.04. The van der Waals surface area contributed by atoms with Crippen molar-refractivity contribution in [2.24, 2.45) is 0 Å². The summed E-state index contributed by atoms with van der Waals surface area (Å²) in [6, 6.07) is 7.90. The van der Waals surface area contributed by atoms with Crippen molar-refractivity contribution in [3.63, 3.8) is 0 Å². The second-order valence-corrected chi connectivity index (χ2v) is 5.32. The van der Waals surface area contributed by atoms with Gasteiger partial charge in [0.2, 0.25) is 0 Å². The lowest BCUT2D eigenvalue weighted by Gasteiger charge is -2.11. The zero-order chi connectivity index (χ0) is 13.7. The van der Waals surface area contributed by atoms with Crippen LogP contribution in [0.1, 0.15) is 5.69 Å².